The van der Waals surface area contributed by atoms with Crippen molar-refractivity contribution in [2.75, 3.05) is 13.7 Å². The van der Waals surface area contributed by atoms with E-state index in [1.54, 1.807) is 12.0 Å². The summed E-state index contributed by atoms with van der Waals surface area (Å²) in [5, 5.41) is 5.79. The number of hydrogen-bond acceptors (Lipinski definition) is 5. The average molecular weight is 323 g/mol. The summed E-state index contributed by atoms with van der Waals surface area (Å²) in [6.45, 7) is 0.644. The fraction of sp³-hybridized carbons (Fsp3) is 0.667. The summed E-state index contributed by atoms with van der Waals surface area (Å²) in [5.74, 6) is -0.0455. The van der Waals surface area contributed by atoms with Crippen LogP contribution in [0, 0.1) is 0 Å². The number of nitrogens with one attached hydrogen (secondary N) is 1. The third kappa shape index (κ3) is 3.30. The number of thiazole rings is 1. The van der Waals surface area contributed by atoms with E-state index in [-0.39, 0.29) is 36.9 Å². The lowest BCUT2D eigenvalue weighted by molar-refractivity contribution is -0.143. The average Bonchev–Trinajstić information content (AvgIpc) is 2.94. The number of amides is 2. The number of piperazine rings is 1. The van der Waals surface area contributed by atoms with Gasteiger partial charge in [-0.2, -0.15) is 0 Å². The van der Waals surface area contributed by atoms with Gasteiger partial charge in [0, 0.05) is 18.5 Å². The largest absolute Gasteiger partial charge is 0.378 e. The normalized spacial score (nSPS) is 24.8. The smallest absolute Gasteiger partial charge is 0.239 e. The van der Waals surface area contributed by atoms with E-state index in [0.29, 0.717) is 6.61 Å². The first-order valence-electron chi connectivity index (χ1n) is 7.68. The molecule has 2 fully saturated rings. The minimum absolute atomic E-state index is 0.000942. The molecule has 6 nitrogen and oxygen atoms in total. The fourth-order valence-electron chi connectivity index (χ4n) is 3.33. The molecular weight excluding hydrogens is 302 g/mol. The molecule has 2 amide bonds. The van der Waals surface area contributed by atoms with E-state index in [9.17, 15) is 9.59 Å². The van der Waals surface area contributed by atoms with E-state index in [2.05, 4.69) is 10.3 Å². The lowest BCUT2D eigenvalue weighted by Gasteiger charge is -2.43. The van der Waals surface area contributed by atoms with Crippen molar-refractivity contribution in [3.63, 3.8) is 0 Å². The molecule has 0 aromatic carbocycles. The van der Waals surface area contributed by atoms with Gasteiger partial charge >= 0.3 is 0 Å². The highest BCUT2D eigenvalue weighted by molar-refractivity contribution is 7.09. The van der Waals surface area contributed by atoms with Crippen molar-refractivity contribution in [3.8, 4) is 0 Å². The zero-order valence-electron chi connectivity index (χ0n) is 12.7. The van der Waals surface area contributed by atoms with Gasteiger partial charge in [-0.15, -0.1) is 11.3 Å². The summed E-state index contributed by atoms with van der Waals surface area (Å²) < 4.78 is 5.05. The minimum Gasteiger partial charge on any atom is -0.378 e. The van der Waals surface area contributed by atoms with Crippen LogP contribution in [-0.2, 0) is 27.4 Å². The first-order chi connectivity index (χ1) is 10.7. The van der Waals surface area contributed by atoms with Crippen LogP contribution in [0.3, 0.4) is 0 Å². The van der Waals surface area contributed by atoms with Crippen LogP contribution in [-0.4, -0.2) is 47.4 Å². The quantitative estimate of drug-likeness (QED) is 0.901. The summed E-state index contributed by atoms with van der Waals surface area (Å²) in [6.07, 6.45) is 4.44. The number of aromatic nitrogens is 1. The molecule has 1 aromatic heterocycles. The molecule has 0 radical (unpaired) electrons. The van der Waals surface area contributed by atoms with Crippen LogP contribution in [0.15, 0.2) is 5.38 Å². The van der Waals surface area contributed by atoms with Crippen molar-refractivity contribution < 1.29 is 14.3 Å². The Hall–Kier alpha value is -1.47. The Labute approximate surface area is 133 Å². The second-order valence-electron chi connectivity index (χ2n) is 5.89. The minimum atomic E-state index is -0.0464. The van der Waals surface area contributed by atoms with E-state index in [0.717, 1.165) is 36.4 Å². The number of methoxy groups -OCH3 is 1. The second kappa shape index (κ2) is 6.75. The third-order valence-electron chi connectivity index (χ3n) is 4.31. The van der Waals surface area contributed by atoms with Gasteiger partial charge in [-0.1, -0.05) is 12.8 Å². The lowest BCUT2D eigenvalue weighted by Crippen LogP contribution is -2.63. The van der Waals surface area contributed by atoms with Crippen LogP contribution in [0.2, 0.25) is 0 Å². The molecule has 3 rings (SSSR count). The number of carbonyl (C=O) groups excluding carboxylic acids is 2. The van der Waals surface area contributed by atoms with Crippen LogP contribution in [0.1, 0.15) is 36.4 Å². The summed E-state index contributed by atoms with van der Waals surface area (Å²) >= 11 is 1.50. The van der Waals surface area contributed by atoms with Crippen LogP contribution in [0.25, 0.3) is 0 Å². The SMILES string of the molecule is COCc1nc(CC(=O)N2CC(=O)NC3CCCCC32)cs1. The number of hydrogen-bond donors (Lipinski definition) is 1. The fourth-order valence-corrected chi connectivity index (χ4v) is 4.09. The van der Waals surface area contributed by atoms with Crippen molar-refractivity contribution in [1.82, 2.24) is 15.2 Å². The molecule has 1 aliphatic carbocycles. The van der Waals surface area contributed by atoms with Crippen molar-refractivity contribution in [2.24, 2.45) is 0 Å². The standard InChI is InChI=1S/C15H21N3O3S/c1-21-8-14-16-10(9-22-14)6-15(20)18-7-13(19)17-11-4-2-3-5-12(11)18/h9,11-12H,2-8H2,1H3,(H,17,19). The number of rotatable bonds is 4. The van der Waals surface area contributed by atoms with Gasteiger partial charge in [0.2, 0.25) is 11.8 Å². The van der Waals surface area contributed by atoms with Gasteiger partial charge < -0.3 is 15.0 Å². The number of ether oxygens (including phenoxy) is 1. The second-order valence-corrected chi connectivity index (χ2v) is 6.83. The Balaban J connectivity index is 1.67. The first kappa shape index (κ1) is 15.4. The molecule has 120 valence electrons. The van der Waals surface area contributed by atoms with Gasteiger partial charge in [0.1, 0.15) is 5.01 Å². The summed E-state index contributed by atoms with van der Waals surface area (Å²) in [4.78, 5) is 30.6. The summed E-state index contributed by atoms with van der Waals surface area (Å²) in [5.41, 5.74) is 0.764. The van der Waals surface area contributed by atoms with Crippen LogP contribution in [0.4, 0.5) is 0 Å². The molecule has 2 aliphatic rings. The van der Waals surface area contributed by atoms with E-state index in [1.165, 1.54) is 11.3 Å². The highest BCUT2D eigenvalue weighted by Gasteiger charge is 2.38. The van der Waals surface area contributed by atoms with Crippen molar-refractivity contribution in [2.45, 2.75) is 50.8 Å². The molecule has 0 bridgehead atoms. The van der Waals surface area contributed by atoms with Gasteiger partial charge in [0.15, 0.2) is 0 Å². The van der Waals surface area contributed by atoms with E-state index >= 15 is 0 Å². The Morgan fingerprint density at radius 3 is 3.14 bits per heavy atom. The molecule has 7 heteroatoms. The maximum Gasteiger partial charge on any atom is 0.239 e. The molecule has 2 heterocycles. The lowest BCUT2D eigenvalue weighted by atomic mass is 9.87. The molecule has 1 saturated carbocycles. The zero-order valence-corrected chi connectivity index (χ0v) is 13.5. The molecule has 2 unspecified atom stereocenters. The summed E-state index contributed by atoms with van der Waals surface area (Å²) in [7, 11) is 1.63. The monoisotopic (exact) mass is 323 g/mol. The van der Waals surface area contributed by atoms with Crippen molar-refractivity contribution in [3.05, 3.63) is 16.1 Å². The highest BCUT2D eigenvalue weighted by Crippen LogP contribution is 2.26. The molecule has 0 spiro atoms. The number of nitrogens with zero attached hydrogens (tertiary/aromatic N) is 2. The zero-order chi connectivity index (χ0) is 15.5. The van der Waals surface area contributed by atoms with E-state index in [1.807, 2.05) is 5.38 Å². The van der Waals surface area contributed by atoms with Crippen LogP contribution in [0.5, 0.6) is 0 Å². The topological polar surface area (TPSA) is 71.5 Å². The van der Waals surface area contributed by atoms with Crippen LogP contribution < -0.4 is 5.32 Å². The Bertz CT molecular complexity index is 560. The molecule has 1 N–H and O–H groups in total. The van der Waals surface area contributed by atoms with Crippen molar-refractivity contribution >= 4 is 23.2 Å². The van der Waals surface area contributed by atoms with Gasteiger partial charge in [0.25, 0.3) is 0 Å². The van der Waals surface area contributed by atoms with E-state index in [4.69, 9.17) is 4.74 Å². The van der Waals surface area contributed by atoms with E-state index < -0.39 is 0 Å². The Morgan fingerprint density at radius 1 is 1.50 bits per heavy atom. The molecule has 1 aromatic rings. The first-order valence-corrected chi connectivity index (χ1v) is 8.56. The van der Waals surface area contributed by atoms with Gasteiger partial charge in [-0.25, -0.2) is 4.98 Å². The maximum atomic E-state index is 12.6. The third-order valence-corrected chi connectivity index (χ3v) is 5.18. The predicted molar refractivity (Wildman–Crippen MR) is 82.4 cm³/mol. The number of fused-ring (bicyclic) bond motifs is 1. The molecular formula is C15H21N3O3S. The van der Waals surface area contributed by atoms with Gasteiger partial charge in [0.05, 0.1) is 31.3 Å². The predicted octanol–water partition coefficient (Wildman–Crippen LogP) is 1.10. The highest BCUT2D eigenvalue weighted by atomic mass is 32.1. The molecule has 1 saturated heterocycles. The molecule has 22 heavy (non-hydrogen) atoms. The molecule has 2 atom stereocenters. The summed E-state index contributed by atoms with van der Waals surface area (Å²) in [6, 6.07) is 0.273. The Morgan fingerprint density at radius 2 is 2.32 bits per heavy atom. The number of carbonyl (C=O) groups is 2. The maximum absolute atomic E-state index is 12.6. The Kier molecular flexibility index (Phi) is 4.73. The van der Waals surface area contributed by atoms with Gasteiger partial charge in [-0.3, -0.25) is 9.59 Å². The van der Waals surface area contributed by atoms with Crippen LogP contribution >= 0.6 is 11.3 Å². The molecule has 1 aliphatic heterocycles. The van der Waals surface area contributed by atoms with Crippen molar-refractivity contribution in [1.29, 1.82) is 0 Å². The van der Waals surface area contributed by atoms with Gasteiger partial charge in [-0.05, 0) is 12.8 Å².